The van der Waals surface area contributed by atoms with Crippen molar-refractivity contribution in [3.63, 3.8) is 0 Å². The summed E-state index contributed by atoms with van der Waals surface area (Å²) in [6.07, 6.45) is 1.69. The zero-order valence-corrected chi connectivity index (χ0v) is 10.8. The number of thiol groups is 1. The number of halogens is 1. The monoisotopic (exact) mass is 249 g/mol. The maximum absolute atomic E-state index is 10.2. The Kier molecular flexibility index (Phi) is 12.6. The van der Waals surface area contributed by atoms with Crippen LogP contribution in [0.2, 0.25) is 0 Å². The number of nitro benzene ring substituents is 1. The Morgan fingerprint density at radius 2 is 1.67 bits per heavy atom. The van der Waals surface area contributed by atoms with E-state index in [9.17, 15) is 10.1 Å². The molecule has 0 amide bonds. The average molecular weight is 250 g/mol. The van der Waals surface area contributed by atoms with Gasteiger partial charge in [-0.05, 0) is 11.8 Å². The maximum atomic E-state index is 10.2. The number of alkyl halides is 1. The molecule has 5 heteroatoms. The summed E-state index contributed by atoms with van der Waals surface area (Å²) < 4.78 is 0. The van der Waals surface area contributed by atoms with Crippen LogP contribution in [0.3, 0.4) is 0 Å². The Bertz CT molecular complexity index is 265. The van der Waals surface area contributed by atoms with Crippen molar-refractivity contribution < 1.29 is 4.92 Å². The van der Waals surface area contributed by atoms with Crippen molar-refractivity contribution in [1.29, 1.82) is 0 Å². The third-order valence-corrected chi connectivity index (χ3v) is 1.61. The molecule has 3 nitrogen and oxygen atoms in total. The summed E-state index contributed by atoms with van der Waals surface area (Å²) in [5, 5.41) is 10.2. The Morgan fingerprint density at radius 3 is 1.93 bits per heavy atom. The highest BCUT2D eigenvalue weighted by Crippen LogP contribution is 2.12. The Hall–Kier alpha value is -0.740. The van der Waals surface area contributed by atoms with Crippen molar-refractivity contribution in [3.05, 3.63) is 39.9 Å². The first-order valence-electron chi connectivity index (χ1n) is 4.48. The normalized spacial score (nSPS) is 7.80. The highest BCUT2D eigenvalue weighted by atomic mass is 35.5. The van der Waals surface area contributed by atoms with Crippen LogP contribution in [-0.2, 0) is 5.88 Å². The van der Waals surface area contributed by atoms with Gasteiger partial charge in [-0.2, -0.15) is 12.6 Å². The lowest BCUT2D eigenvalue weighted by molar-refractivity contribution is -0.384. The number of hydrogen-bond donors (Lipinski definition) is 1. The van der Waals surface area contributed by atoms with Crippen LogP contribution in [-0.4, -0.2) is 11.2 Å². The minimum Gasteiger partial charge on any atom is -0.258 e. The maximum Gasteiger partial charge on any atom is 0.269 e. The van der Waals surface area contributed by atoms with Gasteiger partial charge in [0, 0.05) is 18.0 Å². The molecule has 0 atom stereocenters. The Morgan fingerprint density at radius 1 is 1.27 bits per heavy atom. The van der Waals surface area contributed by atoms with Gasteiger partial charge < -0.3 is 0 Å². The van der Waals surface area contributed by atoms with E-state index in [0.29, 0.717) is 5.88 Å². The molecule has 0 aliphatic carbocycles. The standard InChI is InChI=1S/C7H6ClNO2.C2H6.CH4S/c8-5-6-1-3-7(4-2-6)9(10)11;2*1-2/h1-4H,5H2;1-2H3;2H,1H3. The largest absolute Gasteiger partial charge is 0.269 e. The molecule has 0 fully saturated rings. The second-order valence-electron chi connectivity index (χ2n) is 2.06. The van der Waals surface area contributed by atoms with Crippen LogP contribution >= 0.6 is 24.2 Å². The number of nitro groups is 1. The van der Waals surface area contributed by atoms with E-state index < -0.39 is 4.92 Å². The summed E-state index contributed by atoms with van der Waals surface area (Å²) in [5.74, 6) is 0.387. The molecule has 1 rings (SSSR count). The first-order chi connectivity index (χ1) is 7.24. The smallest absolute Gasteiger partial charge is 0.258 e. The SMILES string of the molecule is CC.CS.O=[N+]([O-])c1ccc(CCl)cc1. The molecule has 0 heterocycles. The van der Waals surface area contributed by atoms with Crippen molar-refractivity contribution in [3.8, 4) is 0 Å². The van der Waals surface area contributed by atoms with E-state index in [4.69, 9.17) is 11.6 Å². The van der Waals surface area contributed by atoms with Crippen LogP contribution in [0.1, 0.15) is 19.4 Å². The van der Waals surface area contributed by atoms with E-state index in [-0.39, 0.29) is 5.69 Å². The second kappa shape index (κ2) is 11.3. The predicted molar refractivity (Wildman–Crippen MR) is 68.9 cm³/mol. The Balaban J connectivity index is 0. The van der Waals surface area contributed by atoms with Gasteiger partial charge in [0.05, 0.1) is 4.92 Å². The van der Waals surface area contributed by atoms with Crippen LogP contribution in [0, 0.1) is 10.1 Å². The summed E-state index contributed by atoms with van der Waals surface area (Å²) in [7, 11) is 0. The van der Waals surface area contributed by atoms with Gasteiger partial charge in [0.15, 0.2) is 0 Å². The molecule has 0 aliphatic rings. The number of rotatable bonds is 2. The van der Waals surface area contributed by atoms with E-state index in [1.54, 1.807) is 18.4 Å². The Labute approximate surface area is 101 Å². The van der Waals surface area contributed by atoms with Crippen molar-refractivity contribution in [2.75, 3.05) is 6.26 Å². The summed E-state index contributed by atoms with van der Waals surface area (Å²) >= 11 is 9.02. The van der Waals surface area contributed by atoms with Crippen LogP contribution < -0.4 is 0 Å². The molecule has 0 unspecified atom stereocenters. The third-order valence-electron chi connectivity index (χ3n) is 1.30. The van der Waals surface area contributed by atoms with Crippen molar-refractivity contribution >= 4 is 29.9 Å². The molecule has 0 bridgehead atoms. The molecule has 0 spiro atoms. The highest BCUT2D eigenvalue weighted by Gasteiger charge is 2.02. The van der Waals surface area contributed by atoms with Gasteiger partial charge >= 0.3 is 0 Å². The molecule has 0 aliphatic heterocycles. The molecule has 0 saturated carbocycles. The molecule has 0 N–H and O–H groups in total. The zero-order valence-electron chi connectivity index (χ0n) is 9.11. The molecule has 1 aromatic carbocycles. The lowest BCUT2D eigenvalue weighted by atomic mass is 10.2. The van der Waals surface area contributed by atoms with Crippen LogP contribution in [0.4, 0.5) is 5.69 Å². The minimum atomic E-state index is -0.433. The van der Waals surface area contributed by atoms with Gasteiger partial charge in [0.1, 0.15) is 0 Å². The predicted octanol–water partition coefficient (Wildman–Crippen LogP) is 3.91. The molecule has 86 valence electrons. The first-order valence-corrected chi connectivity index (χ1v) is 5.91. The van der Waals surface area contributed by atoms with Gasteiger partial charge in [-0.15, -0.1) is 11.6 Å². The summed E-state index contributed by atoms with van der Waals surface area (Å²) in [6, 6.07) is 6.17. The summed E-state index contributed by atoms with van der Waals surface area (Å²) in [4.78, 5) is 9.74. The fourth-order valence-electron chi connectivity index (χ4n) is 0.707. The van der Waals surface area contributed by atoms with Gasteiger partial charge in [-0.1, -0.05) is 26.0 Å². The molecule has 0 radical (unpaired) electrons. The number of hydrogen-bond acceptors (Lipinski definition) is 3. The van der Waals surface area contributed by atoms with E-state index in [0.717, 1.165) is 5.56 Å². The van der Waals surface area contributed by atoms with Gasteiger partial charge in [0.25, 0.3) is 5.69 Å². The van der Waals surface area contributed by atoms with E-state index in [2.05, 4.69) is 12.6 Å². The fourth-order valence-corrected chi connectivity index (χ4v) is 0.885. The van der Waals surface area contributed by atoms with Gasteiger partial charge in [-0.25, -0.2) is 0 Å². The van der Waals surface area contributed by atoms with Gasteiger partial charge in [-0.3, -0.25) is 10.1 Å². The summed E-state index contributed by atoms with van der Waals surface area (Å²) in [5.41, 5.74) is 0.983. The van der Waals surface area contributed by atoms with Crippen LogP contribution in [0.25, 0.3) is 0 Å². The number of nitrogens with zero attached hydrogens (tertiary/aromatic N) is 1. The highest BCUT2D eigenvalue weighted by molar-refractivity contribution is 7.79. The topological polar surface area (TPSA) is 43.1 Å². The number of benzene rings is 1. The molecule has 0 aromatic heterocycles. The third kappa shape index (κ3) is 7.22. The van der Waals surface area contributed by atoms with Crippen LogP contribution in [0.5, 0.6) is 0 Å². The molecule has 1 aromatic rings. The van der Waals surface area contributed by atoms with Crippen molar-refractivity contribution in [2.24, 2.45) is 0 Å². The van der Waals surface area contributed by atoms with E-state index in [1.807, 2.05) is 13.8 Å². The molecular formula is C10H16ClNO2S. The van der Waals surface area contributed by atoms with Gasteiger partial charge in [0.2, 0.25) is 0 Å². The van der Waals surface area contributed by atoms with E-state index >= 15 is 0 Å². The number of non-ortho nitro benzene ring substituents is 1. The first kappa shape index (κ1) is 16.7. The van der Waals surface area contributed by atoms with Crippen molar-refractivity contribution in [1.82, 2.24) is 0 Å². The summed E-state index contributed by atoms with van der Waals surface area (Å²) in [6.45, 7) is 4.00. The van der Waals surface area contributed by atoms with E-state index in [1.165, 1.54) is 12.1 Å². The fraction of sp³-hybridized carbons (Fsp3) is 0.400. The average Bonchev–Trinajstić information content (AvgIpc) is 2.34. The molecule has 15 heavy (non-hydrogen) atoms. The minimum absolute atomic E-state index is 0.0962. The second-order valence-corrected chi connectivity index (χ2v) is 2.32. The quantitative estimate of drug-likeness (QED) is 0.374. The van der Waals surface area contributed by atoms with Crippen LogP contribution in [0.15, 0.2) is 24.3 Å². The molecular weight excluding hydrogens is 234 g/mol. The lowest BCUT2D eigenvalue weighted by Gasteiger charge is -1.92. The lowest BCUT2D eigenvalue weighted by Crippen LogP contribution is -1.87. The van der Waals surface area contributed by atoms with Crippen molar-refractivity contribution in [2.45, 2.75) is 19.7 Å². The zero-order chi connectivity index (χ0) is 12.3. The molecule has 0 saturated heterocycles.